The zero-order chi connectivity index (χ0) is 13.9. The Morgan fingerprint density at radius 3 is 2.39 bits per heavy atom. The van der Waals surface area contributed by atoms with Crippen LogP contribution in [0.5, 0.6) is 0 Å². The van der Waals surface area contributed by atoms with Gasteiger partial charge >= 0.3 is 0 Å². The van der Waals surface area contributed by atoms with E-state index in [0.717, 1.165) is 12.0 Å². The summed E-state index contributed by atoms with van der Waals surface area (Å²) in [6, 6.07) is 5.17. The molecule has 18 heavy (non-hydrogen) atoms. The molecule has 1 rings (SSSR count). The highest BCUT2D eigenvalue weighted by molar-refractivity contribution is 6.42. The molecular weight excluding hydrogens is 269 g/mol. The third-order valence-electron chi connectivity index (χ3n) is 3.26. The molecule has 1 aromatic carbocycles. The van der Waals surface area contributed by atoms with Crippen molar-refractivity contribution < 1.29 is 5.11 Å². The van der Waals surface area contributed by atoms with Crippen molar-refractivity contribution in [1.29, 1.82) is 0 Å². The van der Waals surface area contributed by atoms with Crippen molar-refractivity contribution in [1.82, 2.24) is 5.32 Å². The Morgan fingerprint density at radius 1 is 1.28 bits per heavy atom. The average molecular weight is 290 g/mol. The Kier molecular flexibility index (Phi) is 5.47. The SMILES string of the molecule is CCC(C)(C)N[C@@H](C)[C@@H](O)c1ccc(Cl)c(Cl)c1. The van der Waals surface area contributed by atoms with Crippen molar-refractivity contribution in [3.8, 4) is 0 Å². The molecule has 0 aromatic heterocycles. The smallest absolute Gasteiger partial charge is 0.0940 e. The number of aliphatic hydroxyl groups is 1. The molecule has 2 atom stereocenters. The second-order valence-corrected chi connectivity index (χ2v) is 6.10. The number of aliphatic hydroxyl groups excluding tert-OH is 1. The zero-order valence-corrected chi connectivity index (χ0v) is 12.8. The van der Waals surface area contributed by atoms with E-state index in [1.54, 1.807) is 18.2 Å². The Balaban J connectivity index is 2.80. The summed E-state index contributed by atoms with van der Waals surface area (Å²) in [5.74, 6) is 0. The minimum Gasteiger partial charge on any atom is -0.387 e. The molecule has 0 radical (unpaired) electrons. The van der Waals surface area contributed by atoms with Crippen LogP contribution in [0.1, 0.15) is 45.8 Å². The highest BCUT2D eigenvalue weighted by Crippen LogP contribution is 2.27. The molecule has 0 spiro atoms. The molecule has 0 bridgehead atoms. The summed E-state index contributed by atoms with van der Waals surface area (Å²) in [4.78, 5) is 0. The van der Waals surface area contributed by atoms with Crippen LogP contribution in [0.25, 0.3) is 0 Å². The summed E-state index contributed by atoms with van der Waals surface area (Å²) in [5.41, 5.74) is 0.771. The third kappa shape index (κ3) is 4.13. The molecular formula is C14H21Cl2NO. The first-order valence-corrected chi connectivity index (χ1v) is 6.93. The van der Waals surface area contributed by atoms with Crippen LogP contribution in [-0.4, -0.2) is 16.7 Å². The molecule has 0 amide bonds. The normalized spacial score (nSPS) is 15.5. The minimum atomic E-state index is -0.606. The van der Waals surface area contributed by atoms with Gasteiger partial charge < -0.3 is 10.4 Å². The molecule has 0 fully saturated rings. The van der Waals surface area contributed by atoms with Crippen molar-refractivity contribution in [2.75, 3.05) is 0 Å². The Hall–Kier alpha value is -0.280. The molecule has 0 unspecified atom stereocenters. The fourth-order valence-corrected chi connectivity index (χ4v) is 2.09. The van der Waals surface area contributed by atoms with Gasteiger partial charge in [-0.25, -0.2) is 0 Å². The van der Waals surface area contributed by atoms with E-state index >= 15 is 0 Å². The monoisotopic (exact) mass is 289 g/mol. The van der Waals surface area contributed by atoms with E-state index in [9.17, 15) is 5.11 Å². The predicted octanol–water partition coefficient (Wildman–Crippen LogP) is 4.19. The van der Waals surface area contributed by atoms with Crippen molar-refractivity contribution in [3.05, 3.63) is 33.8 Å². The van der Waals surface area contributed by atoms with Crippen molar-refractivity contribution >= 4 is 23.2 Å². The molecule has 0 saturated carbocycles. The lowest BCUT2D eigenvalue weighted by Gasteiger charge is -2.31. The second-order valence-electron chi connectivity index (χ2n) is 5.29. The van der Waals surface area contributed by atoms with Crippen LogP contribution in [-0.2, 0) is 0 Å². The standard InChI is InChI=1S/C14H21Cl2NO/c1-5-14(3,4)17-9(2)13(18)10-6-7-11(15)12(16)8-10/h6-9,13,17-18H,5H2,1-4H3/t9-,13+/m0/s1. The van der Waals surface area contributed by atoms with Gasteiger partial charge in [-0.2, -0.15) is 0 Å². The van der Waals surface area contributed by atoms with Gasteiger partial charge in [0.1, 0.15) is 0 Å². The lowest BCUT2D eigenvalue weighted by Crippen LogP contribution is -2.46. The molecule has 0 aliphatic carbocycles. The lowest BCUT2D eigenvalue weighted by atomic mass is 9.97. The number of hydrogen-bond donors (Lipinski definition) is 2. The molecule has 2 N–H and O–H groups in total. The lowest BCUT2D eigenvalue weighted by molar-refractivity contribution is 0.118. The van der Waals surface area contributed by atoms with Gasteiger partial charge in [-0.05, 0) is 44.9 Å². The van der Waals surface area contributed by atoms with Crippen LogP contribution in [0.4, 0.5) is 0 Å². The van der Waals surface area contributed by atoms with Crippen LogP contribution in [0, 0.1) is 0 Å². The van der Waals surface area contributed by atoms with Crippen LogP contribution in [0.2, 0.25) is 10.0 Å². The van der Waals surface area contributed by atoms with E-state index in [1.165, 1.54) is 0 Å². The van der Waals surface area contributed by atoms with Crippen LogP contribution in [0.3, 0.4) is 0 Å². The highest BCUT2D eigenvalue weighted by Gasteiger charge is 2.23. The summed E-state index contributed by atoms with van der Waals surface area (Å²) < 4.78 is 0. The molecule has 0 aliphatic rings. The van der Waals surface area contributed by atoms with Gasteiger partial charge in [0.05, 0.1) is 16.1 Å². The molecule has 0 heterocycles. The summed E-state index contributed by atoms with van der Waals surface area (Å²) in [5, 5.41) is 14.7. The van der Waals surface area contributed by atoms with E-state index in [0.29, 0.717) is 10.0 Å². The van der Waals surface area contributed by atoms with Gasteiger partial charge in [0.15, 0.2) is 0 Å². The fourth-order valence-electron chi connectivity index (χ4n) is 1.78. The molecule has 4 heteroatoms. The zero-order valence-electron chi connectivity index (χ0n) is 11.3. The predicted molar refractivity (Wildman–Crippen MR) is 78.4 cm³/mol. The molecule has 0 aliphatic heterocycles. The fraction of sp³-hybridized carbons (Fsp3) is 0.571. The molecule has 102 valence electrons. The minimum absolute atomic E-state index is 0.00336. The van der Waals surface area contributed by atoms with Gasteiger partial charge in [-0.15, -0.1) is 0 Å². The first-order chi connectivity index (χ1) is 8.26. The summed E-state index contributed by atoms with van der Waals surface area (Å²) in [6.45, 7) is 8.31. The van der Waals surface area contributed by atoms with Crippen molar-refractivity contribution in [2.24, 2.45) is 0 Å². The number of nitrogens with one attached hydrogen (secondary N) is 1. The number of halogens is 2. The van der Waals surface area contributed by atoms with E-state index in [2.05, 4.69) is 26.1 Å². The number of benzene rings is 1. The Labute approximate surface area is 119 Å². The quantitative estimate of drug-likeness (QED) is 0.852. The van der Waals surface area contributed by atoms with Crippen molar-refractivity contribution in [3.63, 3.8) is 0 Å². The summed E-state index contributed by atoms with van der Waals surface area (Å²) in [7, 11) is 0. The van der Waals surface area contributed by atoms with Gasteiger partial charge in [-0.3, -0.25) is 0 Å². The average Bonchev–Trinajstić information content (AvgIpc) is 2.31. The maximum atomic E-state index is 10.3. The second kappa shape index (κ2) is 6.25. The largest absolute Gasteiger partial charge is 0.387 e. The Morgan fingerprint density at radius 2 is 1.89 bits per heavy atom. The van der Waals surface area contributed by atoms with E-state index in [-0.39, 0.29) is 11.6 Å². The third-order valence-corrected chi connectivity index (χ3v) is 4.00. The summed E-state index contributed by atoms with van der Waals surface area (Å²) in [6.07, 6.45) is 0.386. The number of hydrogen-bond acceptors (Lipinski definition) is 2. The van der Waals surface area contributed by atoms with Gasteiger partial charge in [0.2, 0.25) is 0 Å². The first-order valence-electron chi connectivity index (χ1n) is 6.17. The van der Waals surface area contributed by atoms with Gasteiger partial charge in [0, 0.05) is 11.6 Å². The maximum Gasteiger partial charge on any atom is 0.0940 e. The topological polar surface area (TPSA) is 32.3 Å². The maximum absolute atomic E-state index is 10.3. The van der Waals surface area contributed by atoms with Crippen LogP contribution in [0.15, 0.2) is 18.2 Å². The van der Waals surface area contributed by atoms with Gasteiger partial charge in [-0.1, -0.05) is 36.2 Å². The van der Waals surface area contributed by atoms with Crippen LogP contribution >= 0.6 is 23.2 Å². The first kappa shape index (κ1) is 15.8. The van der Waals surface area contributed by atoms with E-state index in [1.807, 2.05) is 6.92 Å². The molecule has 0 saturated heterocycles. The van der Waals surface area contributed by atoms with E-state index in [4.69, 9.17) is 23.2 Å². The highest BCUT2D eigenvalue weighted by atomic mass is 35.5. The van der Waals surface area contributed by atoms with E-state index < -0.39 is 6.10 Å². The van der Waals surface area contributed by atoms with Crippen molar-refractivity contribution in [2.45, 2.75) is 51.8 Å². The summed E-state index contributed by atoms with van der Waals surface area (Å²) >= 11 is 11.8. The van der Waals surface area contributed by atoms with Crippen LogP contribution < -0.4 is 5.32 Å². The number of rotatable bonds is 5. The molecule has 2 nitrogen and oxygen atoms in total. The Bertz CT molecular complexity index is 407. The molecule has 1 aromatic rings. The van der Waals surface area contributed by atoms with Gasteiger partial charge in [0.25, 0.3) is 0 Å².